The monoisotopic (exact) mass is 443 g/mol. The quantitative estimate of drug-likeness (QED) is 0.297. The normalized spacial score (nSPS) is 11.7. The number of nitrogens with one attached hydrogen (secondary N) is 1. The number of benzene rings is 3. The molecule has 32 heavy (non-hydrogen) atoms. The van der Waals surface area contributed by atoms with Gasteiger partial charge in [-0.2, -0.15) is 0 Å². The van der Waals surface area contributed by atoms with Gasteiger partial charge >= 0.3 is 0 Å². The molecule has 0 fully saturated rings. The molecule has 4 nitrogen and oxygen atoms in total. The van der Waals surface area contributed by atoms with Crippen molar-refractivity contribution in [1.82, 2.24) is 0 Å². The van der Waals surface area contributed by atoms with Gasteiger partial charge in [0.1, 0.15) is 6.10 Å². The van der Waals surface area contributed by atoms with Gasteiger partial charge in [-0.25, -0.2) is 4.57 Å². The molecule has 0 saturated heterocycles. The average molecular weight is 444 g/mol. The van der Waals surface area contributed by atoms with Crippen molar-refractivity contribution in [2.45, 2.75) is 12.6 Å². The van der Waals surface area contributed by atoms with Gasteiger partial charge in [-0.15, -0.1) is 0 Å². The van der Waals surface area contributed by atoms with Crippen LogP contribution in [0.5, 0.6) is 0 Å². The molecule has 0 aliphatic heterocycles. The first-order valence-electron chi connectivity index (χ1n) is 10.5. The number of aliphatic hydroxyl groups excluding tert-OH is 1. The number of pyridine rings is 1. The van der Waals surface area contributed by atoms with E-state index in [1.165, 1.54) is 5.56 Å². The van der Waals surface area contributed by atoms with Crippen LogP contribution < -0.4 is 9.88 Å². The summed E-state index contributed by atoms with van der Waals surface area (Å²) in [4.78, 5) is 12.5. The summed E-state index contributed by atoms with van der Waals surface area (Å²) in [6, 6.07) is 28.4. The predicted molar refractivity (Wildman–Crippen MR) is 128 cm³/mol. The lowest BCUT2D eigenvalue weighted by Crippen LogP contribution is -2.41. The summed E-state index contributed by atoms with van der Waals surface area (Å²) >= 11 is 5.89. The van der Waals surface area contributed by atoms with Crippen LogP contribution in [0.1, 0.15) is 15.9 Å². The highest BCUT2D eigenvalue weighted by Gasteiger charge is 2.12. The molecule has 0 amide bonds. The maximum atomic E-state index is 12.5. The predicted octanol–water partition coefficient (Wildman–Crippen LogP) is 5.00. The minimum atomic E-state index is -0.557. The van der Waals surface area contributed by atoms with E-state index in [2.05, 4.69) is 17.4 Å². The van der Waals surface area contributed by atoms with Crippen LogP contribution in [0.2, 0.25) is 5.02 Å². The molecule has 4 rings (SSSR count). The van der Waals surface area contributed by atoms with Crippen LogP contribution in [0.3, 0.4) is 0 Å². The number of ketones is 1. The van der Waals surface area contributed by atoms with Crippen LogP contribution >= 0.6 is 11.6 Å². The number of rotatable bonds is 8. The molecular weight excluding hydrogens is 420 g/mol. The van der Waals surface area contributed by atoms with Crippen LogP contribution in [0, 0.1) is 0 Å². The van der Waals surface area contributed by atoms with E-state index in [9.17, 15) is 9.90 Å². The lowest BCUT2D eigenvalue weighted by atomic mass is 10.0. The molecule has 5 heteroatoms. The Morgan fingerprint density at radius 1 is 0.812 bits per heavy atom. The van der Waals surface area contributed by atoms with Crippen molar-refractivity contribution in [1.29, 1.82) is 0 Å². The van der Waals surface area contributed by atoms with Crippen LogP contribution in [0.4, 0.5) is 5.69 Å². The van der Waals surface area contributed by atoms with E-state index in [1.807, 2.05) is 59.4 Å². The van der Waals surface area contributed by atoms with Crippen molar-refractivity contribution in [2.24, 2.45) is 0 Å². The lowest BCUT2D eigenvalue weighted by molar-refractivity contribution is -0.703. The maximum absolute atomic E-state index is 12.5. The number of aliphatic hydroxyl groups is 1. The van der Waals surface area contributed by atoms with Gasteiger partial charge in [-0.1, -0.05) is 41.9 Å². The van der Waals surface area contributed by atoms with Gasteiger partial charge in [-0.05, 0) is 59.7 Å². The third kappa shape index (κ3) is 5.61. The Morgan fingerprint density at radius 2 is 1.38 bits per heavy atom. The zero-order valence-electron chi connectivity index (χ0n) is 17.5. The topological polar surface area (TPSA) is 53.2 Å². The second-order valence-corrected chi connectivity index (χ2v) is 8.03. The van der Waals surface area contributed by atoms with E-state index in [-0.39, 0.29) is 5.78 Å². The minimum Gasteiger partial charge on any atom is -0.385 e. The first-order chi connectivity index (χ1) is 15.6. The van der Waals surface area contributed by atoms with Gasteiger partial charge in [-0.3, -0.25) is 4.79 Å². The van der Waals surface area contributed by atoms with E-state index >= 15 is 0 Å². The van der Waals surface area contributed by atoms with Gasteiger partial charge in [0.05, 0.1) is 0 Å². The Morgan fingerprint density at radius 3 is 2.00 bits per heavy atom. The minimum absolute atomic E-state index is 0.0522. The number of carbonyl (C=O) groups excluding carboxylic acids is 1. The molecule has 1 heterocycles. The van der Waals surface area contributed by atoms with Crippen molar-refractivity contribution in [2.75, 3.05) is 11.9 Å². The largest absolute Gasteiger partial charge is 0.385 e. The van der Waals surface area contributed by atoms with Gasteiger partial charge < -0.3 is 10.4 Å². The van der Waals surface area contributed by atoms with Gasteiger partial charge in [0.25, 0.3) is 0 Å². The molecule has 0 aliphatic rings. The molecule has 0 bridgehead atoms. The number of nitrogens with zero attached hydrogens (tertiary/aromatic N) is 1. The van der Waals surface area contributed by atoms with Crippen LogP contribution in [0.25, 0.3) is 11.1 Å². The van der Waals surface area contributed by atoms with Crippen molar-refractivity contribution < 1.29 is 14.5 Å². The van der Waals surface area contributed by atoms with Crippen LogP contribution in [0.15, 0.2) is 103 Å². The van der Waals surface area contributed by atoms with E-state index in [0.29, 0.717) is 29.2 Å². The summed E-state index contributed by atoms with van der Waals surface area (Å²) in [6.07, 6.45) is 3.39. The Bertz CT molecular complexity index is 1160. The summed E-state index contributed by atoms with van der Waals surface area (Å²) in [5.74, 6) is -0.0522. The van der Waals surface area contributed by atoms with E-state index in [4.69, 9.17) is 11.6 Å². The molecule has 160 valence electrons. The third-order valence-corrected chi connectivity index (χ3v) is 5.47. The molecule has 1 unspecified atom stereocenters. The number of hydrogen-bond acceptors (Lipinski definition) is 3. The highest BCUT2D eigenvalue weighted by molar-refractivity contribution is 6.30. The third-order valence-electron chi connectivity index (χ3n) is 5.22. The summed E-state index contributed by atoms with van der Waals surface area (Å²) in [5.41, 5.74) is 4.36. The van der Waals surface area contributed by atoms with E-state index in [0.717, 1.165) is 11.3 Å². The summed E-state index contributed by atoms with van der Waals surface area (Å²) in [7, 11) is 0. The first kappa shape index (κ1) is 21.8. The molecule has 3 aromatic carbocycles. The average Bonchev–Trinajstić information content (AvgIpc) is 2.84. The van der Waals surface area contributed by atoms with Crippen LogP contribution in [-0.2, 0) is 6.54 Å². The first-order valence-corrected chi connectivity index (χ1v) is 10.8. The summed E-state index contributed by atoms with van der Waals surface area (Å²) in [6.45, 7) is 0.882. The van der Waals surface area contributed by atoms with Gasteiger partial charge in [0, 0.05) is 40.5 Å². The summed E-state index contributed by atoms with van der Waals surface area (Å²) < 4.78 is 1.96. The van der Waals surface area contributed by atoms with Crippen molar-refractivity contribution in [3.05, 3.63) is 120 Å². The fourth-order valence-electron chi connectivity index (χ4n) is 3.45. The molecule has 2 N–H and O–H groups in total. The second kappa shape index (κ2) is 10.2. The van der Waals surface area contributed by atoms with E-state index < -0.39 is 6.10 Å². The van der Waals surface area contributed by atoms with Crippen molar-refractivity contribution >= 4 is 23.1 Å². The van der Waals surface area contributed by atoms with Crippen molar-refractivity contribution in [3.8, 4) is 11.1 Å². The molecule has 1 aromatic heterocycles. The molecule has 0 radical (unpaired) electrons. The number of hydrogen-bond donors (Lipinski definition) is 2. The maximum Gasteiger partial charge on any atom is 0.193 e. The van der Waals surface area contributed by atoms with Gasteiger partial charge in [0.15, 0.2) is 24.7 Å². The van der Waals surface area contributed by atoms with Crippen LogP contribution in [-0.4, -0.2) is 23.5 Å². The lowest BCUT2D eigenvalue weighted by Gasteiger charge is -2.11. The summed E-state index contributed by atoms with van der Waals surface area (Å²) in [5, 5.41) is 14.2. The second-order valence-electron chi connectivity index (χ2n) is 7.60. The highest BCUT2D eigenvalue weighted by Crippen LogP contribution is 2.17. The molecule has 0 aliphatic carbocycles. The number of aromatic nitrogens is 1. The number of anilines is 1. The van der Waals surface area contributed by atoms with Crippen molar-refractivity contribution in [3.63, 3.8) is 0 Å². The SMILES string of the molecule is O=C(c1ccc(Cl)cc1)c1ccc(NCC(O)C[n+]2ccc(-c3ccccc3)cc2)cc1. The Labute approximate surface area is 192 Å². The fourth-order valence-corrected chi connectivity index (χ4v) is 3.58. The standard InChI is InChI=1S/C27H23ClN2O2/c28-24-10-6-22(7-11-24)27(32)23-8-12-25(13-9-23)29-18-26(31)19-30-16-14-21(15-17-30)20-4-2-1-3-5-20/h1-17,26,31H,18-19H2/p+1. The zero-order chi connectivity index (χ0) is 22.3. The fraction of sp³-hybridized carbons (Fsp3) is 0.111. The molecule has 1 atom stereocenters. The molecule has 0 spiro atoms. The highest BCUT2D eigenvalue weighted by atomic mass is 35.5. The molecular formula is C27H24ClN2O2+. The molecule has 0 saturated carbocycles. The van der Waals surface area contributed by atoms with Gasteiger partial charge in [0.2, 0.25) is 0 Å². The number of carbonyl (C=O) groups is 1. The Kier molecular flexibility index (Phi) is 6.95. The van der Waals surface area contributed by atoms with E-state index in [1.54, 1.807) is 36.4 Å². The molecule has 4 aromatic rings. The smallest absolute Gasteiger partial charge is 0.193 e. The Balaban J connectivity index is 1.29. The number of halogens is 1. The Hall–Kier alpha value is -3.47. The zero-order valence-corrected chi connectivity index (χ0v) is 18.2.